The topological polar surface area (TPSA) is 22.1 Å². The van der Waals surface area contributed by atoms with Crippen LogP contribution in [0.4, 0.5) is 0 Å². The van der Waals surface area contributed by atoms with Gasteiger partial charge in [0, 0.05) is 11.8 Å². The lowest BCUT2D eigenvalue weighted by Gasteiger charge is -2.10. The second-order valence-corrected chi connectivity index (χ2v) is 7.04. The van der Waals surface area contributed by atoms with Crippen molar-refractivity contribution in [3.8, 4) is 17.0 Å². The van der Waals surface area contributed by atoms with Crippen molar-refractivity contribution in [2.24, 2.45) is 5.92 Å². The summed E-state index contributed by atoms with van der Waals surface area (Å²) in [5, 5.41) is 0. The third-order valence-electron chi connectivity index (χ3n) is 4.87. The van der Waals surface area contributed by atoms with E-state index in [2.05, 4.69) is 50.0 Å². The van der Waals surface area contributed by atoms with E-state index in [-0.39, 0.29) is 0 Å². The highest BCUT2D eigenvalue weighted by Crippen LogP contribution is 2.22. The molecule has 2 heteroatoms. The van der Waals surface area contributed by atoms with E-state index in [1.165, 1.54) is 37.7 Å². The van der Waals surface area contributed by atoms with Crippen molar-refractivity contribution >= 4 is 0 Å². The summed E-state index contributed by atoms with van der Waals surface area (Å²) in [6.07, 6.45) is 10.7. The Hall–Kier alpha value is -1.83. The number of aromatic nitrogens is 1. The normalized spacial score (nSPS) is 12.1. The predicted octanol–water partition coefficient (Wildman–Crippen LogP) is 6.69. The summed E-state index contributed by atoms with van der Waals surface area (Å²) in [7, 11) is 0. The van der Waals surface area contributed by atoms with Crippen LogP contribution in [0.1, 0.15) is 64.9 Å². The second kappa shape index (κ2) is 10.9. The van der Waals surface area contributed by atoms with Crippen molar-refractivity contribution < 1.29 is 4.74 Å². The molecule has 1 unspecified atom stereocenters. The Morgan fingerprint density at radius 3 is 2.40 bits per heavy atom. The first-order valence-corrected chi connectivity index (χ1v) is 9.91. The van der Waals surface area contributed by atoms with E-state index in [0.717, 1.165) is 42.4 Å². The summed E-state index contributed by atoms with van der Waals surface area (Å²) in [5.74, 6) is 1.67. The van der Waals surface area contributed by atoms with Gasteiger partial charge in [-0.2, -0.15) is 0 Å². The lowest BCUT2D eigenvalue weighted by atomic mass is 10.1. The van der Waals surface area contributed by atoms with E-state index < -0.39 is 0 Å². The maximum absolute atomic E-state index is 5.83. The summed E-state index contributed by atoms with van der Waals surface area (Å²) >= 11 is 0. The van der Waals surface area contributed by atoms with Crippen LogP contribution in [-0.2, 0) is 6.42 Å². The Labute approximate surface area is 153 Å². The molecule has 0 amide bonds. The smallest absolute Gasteiger partial charge is 0.119 e. The Morgan fingerprint density at radius 1 is 0.960 bits per heavy atom. The fourth-order valence-electron chi connectivity index (χ4n) is 2.80. The van der Waals surface area contributed by atoms with Gasteiger partial charge in [-0.25, -0.2) is 0 Å². The van der Waals surface area contributed by atoms with Crippen LogP contribution in [0.25, 0.3) is 11.3 Å². The third-order valence-corrected chi connectivity index (χ3v) is 4.87. The third kappa shape index (κ3) is 6.89. The molecule has 2 nitrogen and oxygen atoms in total. The molecule has 25 heavy (non-hydrogen) atoms. The number of hydrogen-bond acceptors (Lipinski definition) is 2. The highest BCUT2D eigenvalue weighted by Gasteiger charge is 2.03. The zero-order valence-electron chi connectivity index (χ0n) is 16.1. The summed E-state index contributed by atoms with van der Waals surface area (Å²) in [6, 6.07) is 12.6. The predicted molar refractivity (Wildman–Crippen MR) is 107 cm³/mol. The van der Waals surface area contributed by atoms with Gasteiger partial charge in [0.25, 0.3) is 0 Å². The number of pyridine rings is 1. The van der Waals surface area contributed by atoms with Crippen molar-refractivity contribution in [1.29, 1.82) is 0 Å². The minimum absolute atomic E-state index is 0.726. The van der Waals surface area contributed by atoms with E-state index in [4.69, 9.17) is 4.74 Å². The number of benzene rings is 1. The van der Waals surface area contributed by atoms with Gasteiger partial charge in [-0.15, -0.1) is 0 Å². The molecule has 0 radical (unpaired) electrons. The molecule has 0 bridgehead atoms. The highest BCUT2D eigenvalue weighted by molar-refractivity contribution is 5.60. The van der Waals surface area contributed by atoms with Crippen molar-refractivity contribution in [1.82, 2.24) is 4.98 Å². The van der Waals surface area contributed by atoms with Crippen molar-refractivity contribution in [3.05, 3.63) is 48.2 Å². The number of nitrogens with zero attached hydrogens (tertiary/aromatic N) is 1. The van der Waals surface area contributed by atoms with Gasteiger partial charge in [0.05, 0.1) is 12.3 Å². The van der Waals surface area contributed by atoms with Crippen molar-refractivity contribution in [3.63, 3.8) is 0 Å². The fourth-order valence-corrected chi connectivity index (χ4v) is 2.80. The molecule has 0 N–H and O–H groups in total. The Morgan fingerprint density at radius 2 is 1.76 bits per heavy atom. The van der Waals surface area contributed by atoms with Gasteiger partial charge in [0.2, 0.25) is 0 Å². The number of unbranched alkanes of at least 4 members (excludes halogenated alkanes) is 3. The van der Waals surface area contributed by atoms with Crippen LogP contribution in [0.15, 0.2) is 42.6 Å². The molecule has 0 saturated heterocycles. The quantitative estimate of drug-likeness (QED) is 0.426. The standard InChI is InChI=1S/C23H33NO/c1-4-6-7-8-9-20-10-15-23(24-18-20)21-11-13-22(14-12-21)25-17-16-19(3)5-2/h10-15,18-19H,4-9,16-17H2,1-3H3. The summed E-state index contributed by atoms with van der Waals surface area (Å²) in [5.41, 5.74) is 3.51. The first kappa shape index (κ1) is 19.5. The maximum atomic E-state index is 5.83. The van der Waals surface area contributed by atoms with Crippen LogP contribution in [0.3, 0.4) is 0 Å². The molecule has 2 aromatic rings. The Balaban J connectivity index is 1.84. The molecule has 0 saturated carbocycles. The van der Waals surface area contributed by atoms with Crippen LogP contribution in [0.5, 0.6) is 5.75 Å². The average Bonchev–Trinajstić information content (AvgIpc) is 2.66. The van der Waals surface area contributed by atoms with E-state index >= 15 is 0 Å². The Bertz CT molecular complexity index is 588. The lowest BCUT2D eigenvalue weighted by Crippen LogP contribution is -2.03. The van der Waals surface area contributed by atoms with E-state index in [1.807, 2.05) is 18.3 Å². The van der Waals surface area contributed by atoms with Gasteiger partial charge in [0.1, 0.15) is 5.75 Å². The zero-order chi connectivity index (χ0) is 17.9. The molecule has 0 spiro atoms. The molecule has 1 aromatic heterocycles. The lowest BCUT2D eigenvalue weighted by molar-refractivity contribution is 0.282. The first-order valence-electron chi connectivity index (χ1n) is 9.91. The molecule has 1 atom stereocenters. The molecule has 2 rings (SSSR count). The molecular weight excluding hydrogens is 306 g/mol. The molecule has 0 aliphatic carbocycles. The molecule has 0 fully saturated rings. The molecule has 1 aromatic carbocycles. The Kier molecular flexibility index (Phi) is 8.51. The first-order chi connectivity index (χ1) is 12.2. The van der Waals surface area contributed by atoms with Crippen LogP contribution < -0.4 is 4.74 Å². The number of ether oxygens (including phenoxy) is 1. The number of hydrogen-bond donors (Lipinski definition) is 0. The number of aryl methyl sites for hydroxylation is 1. The zero-order valence-corrected chi connectivity index (χ0v) is 16.1. The largest absolute Gasteiger partial charge is 0.494 e. The summed E-state index contributed by atoms with van der Waals surface area (Å²) in [6.45, 7) is 7.53. The van der Waals surface area contributed by atoms with Gasteiger partial charge in [-0.05, 0) is 61.1 Å². The number of rotatable bonds is 11. The molecule has 136 valence electrons. The summed E-state index contributed by atoms with van der Waals surface area (Å²) in [4.78, 5) is 4.63. The fraction of sp³-hybridized carbons (Fsp3) is 0.522. The van der Waals surface area contributed by atoms with Crippen molar-refractivity contribution in [2.75, 3.05) is 6.61 Å². The van der Waals surface area contributed by atoms with Gasteiger partial charge in [-0.3, -0.25) is 4.98 Å². The van der Waals surface area contributed by atoms with Gasteiger partial charge < -0.3 is 4.74 Å². The molecule has 0 aliphatic rings. The highest BCUT2D eigenvalue weighted by atomic mass is 16.5. The molecular formula is C23H33NO. The van der Waals surface area contributed by atoms with Gasteiger partial charge >= 0.3 is 0 Å². The van der Waals surface area contributed by atoms with E-state index in [0.29, 0.717) is 0 Å². The average molecular weight is 340 g/mol. The van der Waals surface area contributed by atoms with Gasteiger partial charge in [-0.1, -0.05) is 52.5 Å². The minimum Gasteiger partial charge on any atom is -0.494 e. The second-order valence-electron chi connectivity index (χ2n) is 7.04. The van der Waals surface area contributed by atoms with Crippen molar-refractivity contribution in [2.45, 2.75) is 65.7 Å². The maximum Gasteiger partial charge on any atom is 0.119 e. The van der Waals surface area contributed by atoms with Crippen LogP contribution >= 0.6 is 0 Å². The molecule has 0 aliphatic heterocycles. The SMILES string of the molecule is CCCCCCc1ccc(-c2ccc(OCCC(C)CC)cc2)nc1. The van der Waals surface area contributed by atoms with Crippen LogP contribution in [0, 0.1) is 5.92 Å². The monoisotopic (exact) mass is 339 g/mol. The van der Waals surface area contributed by atoms with E-state index in [9.17, 15) is 0 Å². The van der Waals surface area contributed by atoms with Crippen LogP contribution in [-0.4, -0.2) is 11.6 Å². The van der Waals surface area contributed by atoms with E-state index in [1.54, 1.807) is 0 Å². The van der Waals surface area contributed by atoms with Crippen LogP contribution in [0.2, 0.25) is 0 Å². The molecule has 1 heterocycles. The minimum atomic E-state index is 0.726. The van der Waals surface area contributed by atoms with Gasteiger partial charge in [0.15, 0.2) is 0 Å². The summed E-state index contributed by atoms with van der Waals surface area (Å²) < 4.78 is 5.83.